The molecule has 0 heterocycles. The second-order valence-corrected chi connectivity index (χ2v) is 2.14. The molecule has 11 heavy (non-hydrogen) atoms. The predicted octanol–water partition coefficient (Wildman–Crippen LogP) is 1.24. The van der Waals surface area contributed by atoms with Crippen LogP contribution in [0.2, 0.25) is 0 Å². The first-order valence-electron chi connectivity index (χ1n) is 3.30. The van der Waals surface area contributed by atoms with Crippen LogP contribution in [0.25, 0.3) is 0 Å². The van der Waals surface area contributed by atoms with Gasteiger partial charge < -0.3 is 5.11 Å². The fraction of sp³-hybridized carbons (Fsp3) is 0.222. The molecule has 0 spiro atoms. The van der Waals surface area contributed by atoms with Gasteiger partial charge in [-0.25, -0.2) is 0 Å². The van der Waals surface area contributed by atoms with Crippen molar-refractivity contribution in [1.82, 2.24) is 0 Å². The Bertz CT molecular complexity index is 200. The van der Waals surface area contributed by atoms with Crippen molar-refractivity contribution >= 4 is 6.29 Å². The molecule has 0 aromatic rings. The number of aldehydes is 1. The van der Waals surface area contributed by atoms with Crippen LogP contribution in [0.5, 0.6) is 0 Å². The number of allylic oxidation sites excluding steroid dienone is 4. The van der Waals surface area contributed by atoms with E-state index in [2.05, 4.69) is 6.58 Å². The zero-order chi connectivity index (χ0) is 8.69. The van der Waals surface area contributed by atoms with E-state index in [-0.39, 0.29) is 6.61 Å². The third kappa shape index (κ3) is 4.28. The van der Waals surface area contributed by atoms with E-state index >= 15 is 0 Å². The van der Waals surface area contributed by atoms with Gasteiger partial charge in [0.15, 0.2) is 0 Å². The first-order valence-corrected chi connectivity index (χ1v) is 3.30. The zero-order valence-electron chi connectivity index (χ0n) is 6.58. The Balaban J connectivity index is 4.37. The van der Waals surface area contributed by atoms with E-state index in [0.29, 0.717) is 11.9 Å². The van der Waals surface area contributed by atoms with E-state index in [1.807, 2.05) is 6.92 Å². The van der Waals surface area contributed by atoms with Crippen LogP contribution in [0.4, 0.5) is 0 Å². The van der Waals surface area contributed by atoms with Crippen molar-refractivity contribution in [3.05, 3.63) is 36.0 Å². The number of hydrogen-bond donors (Lipinski definition) is 1. The molecule has 0 atom stereocenters. The van der Waals surface area contributed by atoms with Crippen LogP contribution < -0.4 is 0 Å². The highest BCUT2D eigenvalue weighted by Gasteiger charge is 1.90. The lowest BCUT2D eigenvalue weighted by atomic mass is 10.2. The lowest BCUT2D eigenvalue weighted by molar-refractivity contribution is -0.105. The van der Waals surface area contributed by atoms with Gasteiger partial charge in [0.2, 0.25) is 0 Å². The Kier molecular flexibility index (Phi) is 5.03. The standard InChI is InChI=1S/C9H12O2/c1-3-4-8(2)5-9(6-10)7-11/h3-6,11H,1,7H2,2H3/b8-4-,9-5-. The molecule has 0 radical (unpaired) electrons. The molecule has 1 N–H and O–H groups in total. The Morgan fingerprint density at radius 1 is 1.64 bits per heavy atom. The summed E-state index contributed by atoms with van der Waals surface area (Å²) in [5.74, 6) is 0. The second-order valence-electron chi connectivity index (χ2n) is 2.14. The highest BCUT2D eigenvalue weighted by atomic mass is 16.3. The molecule has 0 aromatic carbocycles. The summed E-state index contributed by atoms with van der Waals surface area (Å²) in [7, 11) is 0. The van der Waals surface area contributed by atoms with Crippen molar-refractivity contribution in [1.29, 1.82) is 0 Å². The van der Waals surface area contributed by atoms with Gasteiger partial charge in [-0.2, -0.15) is 0 Å². The van der Waals surface area contributed by atoms with Gasteiger partial charge in [-0.05, 0) is 6.92 Å². The Morgan fingerprint density at radius 2 is 2.27 bits per heavy atom. The maximum Gasteiger partial charge on any atom is 0.148 e. The minimum Gasteiger partial charge on any atom is -0.392 e. The molecule has 0 rings (SSSR count). The van der Waals surface area contributed by atoms with Gasteiger partial charge in [-0.3, -0.25) is 4.79 Å². The zero-order valence-corrected chi connectivity index (χ0v) is 6.58. The maximum absolute atomic E-state index is 10.2. The van der Waals surface area contributed by atoms with Gasteiger partial charge in [-0.1, -0.05) is 30.4 Å². The van der Waals surface area contributed by atoms with Crippen LogP contribution in [0, 0.1) is 0 Å². The van der Waals surface area contributed by atoms with Crippen molar-refractivity contribution < 1.29 is 9.90 Å². The molecular weight excluding hydrogens is 140 g/mol. The van der Waals surface area contributed by atoms with Crippen LogP contribution in [0.3, 0.4) is 0 Å². The van der Waals surface area contributed by atoms with Crippen molar-refractivity contribution in [3.8, 4) is 0 Å². The molecule has 0 aliphatic rings. The quantitative estimate of drug-likeness (QED) is 0.374. The molecule has 0 saturated heterocycles. The molecule has 0 fully saturated rings. The summed E-state index contributed by atoms with van der Waals surface area (Å²) in [5, 5.41) is 8.59. The summed E-state index contributed by atoms with van der Waals surface area (Å²) in [6, 6.07) is 0. The number of rotatable bonds is 4. The van der Waals surface area contributed by atoms with E-state index in [9.17, 15) is 4.79 Å². The highest BCUT2D eigenvalue weighted by molar-refractivity contribution is 5.74. The minimum absolute atomic E-state index is 0.216. The molecule has 2 heteroatoms. The van der Waals surface area contributed by atoms with Crippen LogP contribution in [-0.2, 0) is 4.79 Å². The van der Waals surface area contributed by atoms with Gasteiger partial charge in [0, 0.05) is 5.57 Å². The van der Waals surface area contributed by atoms with Crippen molar-refractivity contribution in [2.24, 2.45) is 0 Å². The molecule has 0 amide bonds. The lowest BCUT2D eigenvalue weighted by Gasteiger charge is -1.92. The summed E-state index contributed by atoms with van der Waals surface area (Å²) >= 11 is 0. The average molecular weight is 152 g/mol. The first-order chi connectivity index (χ1) is 5.24. The molecule has 0 aromatic heterocycles. The molecule has 2 nitrogen and oxygen atoms in total. The smallest absolute Gasteiger partial charge is 0.148 e. The first kappa shape index (κ1) is 9.85. The summed E-state index contributed by atoms with van der Waals surface area (Å²) in [5.41, 5.74) is 1.27. The van der Waals surface area contributed by atoms with Crippen LogP contribution >= 0.6 is 0 Å². The Hall–Kier alpha value is -1.15. The van der Waals surface area contributed by atoms with Crippen LogP contribution in [-0.4, -0.2) is 18.0 Å². The van der Waals surface area contributed by atoms with E-state index in [1.54, 1.807) is 18.2 Å². The van der Waals surface area contributed by atoms with E-state index in [4.69, 9.17) is 5.11 Å². The number of carbonyl (C=O) groups is 1. The van der Waals surface area contributed by atoms with Crippen LogP contribution in [0.15, 0.2) is 36.0 Å². The molecule has 0 bridgehead atoms. The number of carbonyl (C=O) groups excluding carboxylic acids is 1. The van der Waals surface area contributed by atoms with E-state index < -0.39 is 0 Å². The number of hydrogen-bond acceptors (Lipinski definition) is 2. The maximum atomic E-state index is 10.2. The predicted molar refractivity (Wildman–Crippen MR) is 45.2 cm³/mol. The Morgan fingerprint density at radius 3 is 2.64 bits per heavy atom. The van der Waals surface area contributed by atoms with Gasteiger partial charge in [0.05, 0.1) is 6.61 Å². The molecular formula is C9H12O2. The second kappa shape index (κ2) is 5.62. The van der Waals surface area contributed by atoms with E-state index in [1.165, 1.54) is 0 Å². The molecule has 0 aliphatic carbocycles. The van der Waals surface area contributed by atoms with Gasteiger partial charge in [0.1, 0.15) is 6.29 Å². The van der Waals surface area contributed by atoms with E-state index in [0.717, 1.165) is 5.57 Å². The molecule has 0 saturated carbocycles. The molecule has 60 valence electrons. The summed E-state index contributed by atoms with van der Waals surface area (Å²) in [4.78, 5) is 10.2. The fourth-order valence-electron chi connectivity index (χ4n) is 0.643. The van der Waals surface area contributed by atoms with Gasteiger partial charge in [0.25, 0.3) is 0 Å². The third-order valence-electron chi connectivity index (χ3n) is 1.13. The number of aliphatic hydroxyl groups is 1. The molecule has 0 unspecified atom stereocenters. The van der Waals surface area contributed by atoms with Crippen LogP contribution in [0.1, 0.15) is 6.92 Å². The van der Waals surface area contributed by atoms with Crippen molar-refractivity contribution in [2.45, 2.75) is 6.92 Å². The van der Waals surface area contributed by atoms with Crippen molar-refractivity contribution in [3.63, 3.8) is 0 Å². The average Bonchev–Trinajstić information content (AvgIpc) is 2.01. The SMILES string of the molecule is C=C/C=C(C)\C=C(\C=O)CO. The highest BCUT2D eigenvalue weighted by Crippen LogP contribution is 1.99. The monoisotopic (exact) mass is 152 g/mol. The third-order valence-corrected chi connectivity index (χ3v) is 1.13. The minimum atomic E-state index is -0.216. The molecule has 0 aliphatic heterocycles. The lowest BCUT2D eigenvalue weighted by Crippen LogP contribution is -1.91. The summed E-state index contributed by atoms with van der Waals surface area (Å²) < 4.78 is 0. The Labute approximate surface area is 66.5 Å². The van der Waals surface area contributed by atoms with Crippen molar-refractivity contribution in [2.75, 3.05) is 6.61 Å². The fourth-order valence-corrected chi connectivity index (χ4v) is 0.643. The summed E-state index contributed by atoms with van der Waals surface area (Å²) in [6.45, 7) is 5.12. The summed E-state index contributed by atoms with van der Waals surface area (Å²) in [6.07, 6.45) is 5.65. The topological polar surface area (TPSA) is 37.3 Å². The largest absolute Gasteiger partial charge is 0.392 e. The van der Waals surface area contributed by atoms with Gasteiger partial charge in [-0.15, -0.1) is 0 Å². The number of aliphatic hydroxyl groups excluding tert-OH is 1. The van der Waals surface area contributed by atoms with Gasteiger partial charge >= 0.3 is 0 Å². The normalized spacial score (nSPS) is 12.9.